The molecule has 1 N–H and O–H groups in total. The van der Waals surface area contributed by atoms with Crippen LogP contribution in [0.25, 0.3) is 0 Å². The molecule has 0 aliphatic rings. The quantitative estimate of drug-likeness (QED) is 0.405. The van der Waals surface area contributed by atoms with E-state index in [1.165, 1.54) is 36.2 Å². The van der Waals surface area contributed by atoms with Crippen LogP contribution in [0.2, 0.25) is 0 Å². The van der Waals surface area contributed by atoms with Gasteiger partial charge in [0.05, 0.1) is 11.1 Å². The minimum absolute atomic E-state index is 0.0690. The largest absolute Gasteiger partial charge is 0.448 e. The van der Waals surface area contributed by atoms with Crippen LogP contribution in [0.1, 0.15) is 16.1 Å². The monoisotopic (exact) mass is 368 g/mol. The van der Waals surface area contributed by atoms with Crippen LogP contribution in [-0.2, 0) is 0 Å². The molecule has 0 saturated carbocycles. The van der Waals surface area contributed by atoms with Gasteiger partial charge < -0.3 is 4.42 Å². The van der Waals surface area contributed by atoms with Gasteiger partial charge in [0.1, 0.15) is 16.3 Å². The number of aromatic nitrogens is 1. The first-order valence-corrected chi connectivity index (χ1v) is 8.20. The second kappa shape index (κ2) is 8.08. The zero-order chi connectivity index (χ0) is 18.4. The van der Waals surface area contributed by atoms with E-state index in [1.54, 1.807) is 24.4 Å². The third-order valence-corrected chi connectivity index (χ3v) is 4.02. The van der Waals surface area contributed by atoms with Crippen LogP contribution in [-0.4, -0.2) is 22.0 Å². The number of hydrazone groups is 1. The van der Waals surface area contributed by atoms with Crippen molar-refractivity contribution in [1.82, 2.24) is 10.4 Å². The second-order valence-electron chi connectivity index (χ2n) is 4.90. The molecular weight excluding hydrogens is 356 g/mol. The first kappa shape index (κ1) is 17.4. The fourth-order valence-electron chi connectivity index (χ4n) is 2.01. The molecule has 3 aromatic rings. The van der Waals surface area contributed by atoms with Crippen molar-refractivity contribution in [2.24, 2.45) is 5.10 Å². The molecule has 2 aromatic heterocycles. The van der Waals surface area contributed by atoms with Gasteiger partial charge in [0.15, 0.2) is 5.09 Å². The summed E-state index contributed by atoms with van der Waals surface area (Å²) in [4.78, 5) is 26.5. The number of hydrogen-bond acceptors (Lipinski definition) is 7. The van der Waals surface area contributed by atoms with Gasteiger partial charge in [0.2, 0.25) is 0 Å². The molecule has 26 heavy (non-hydrogen) atoms. The van der Waals surface area contributed by atoms with E-state index in [0.29, 0.717) is 10.9 Å². The predicted octanol–water partition coefficient (Wildman–Crippen LogP) is 3.50. The number of carbonyl (C=O) groups excluding carboxylic acids is 1. The highest BCUT2D eigenvalue weighted by molar-refractivity contribution is 7.99. The smallest absolute Gasteiger partial charge is 0.282 e. The molecule has 0 radical (unpaired) electrons. The number of nitro benzene ring substituents is 1. The molecule has 1 amide bonds. The van der Waals surface area contributed by atoms with Crippen molar-refractivity contribution in [3.8, 4) is 0 Å². The summed E-state index contributed by atoms with van der Waals surface area (Å²) in [6.45, 7) is 0. The Bertz CT molecular complexity index is 956. The molecule has 0 aliphatic heterocycles. The summed E-state index contributed by atoms with van der Waals surface area (Å²) < 4.78 is 5.55. The summed E-state index contributed by atoms with van der Waals surface area (Å²) in [5, 5.41) is 16.1. The number of carbonyl (C=O) groups is 1. The number of para-hydroxylation sites is 1. The van der Waals surface area contributed by atoms with Gasteiger partial charge >= 0.3 is 0 Å². The normalized spacial score (nSPS) is 10.8. The van der Waals surface area contributed by atoms with Crippen molar-refractivity contribution >= 4 is 29.6 Å². The number of benzene rings is 1. The van der Waals surface area contributed by atoms with Crippen molar-refractivity contribution in [2.75, 3.05) is 0 Å². The number of pyridine rings is 1. The van der Waals surface area contributed by atoms with Crippen LogP contribution in [0, 0.1) is 10.1 Å². The minimum atomic E-state index is -0.678. The van der Waals surface area contributed by atoms with Crippen LogP contribution in [0.3, 0.4) is 0 Å². The molecule has 3 rings (SSSR count). The van der Waals surface area contributed by atoms with Gasteiger partial charge in [-0.2, -0.15) is 5.10 Å². The molecule has 0 bridgehead atoms. The predicted molar refractivity (Wildman–Crippen MR) is 95.2 cm³/mol. The summed E-state index contributed by atoms with van der Waals surface area (Å²) in [5.74, 6) is -0.255. The Morgan fingerprint density at radius 2 is 2.00 bits per heavy atom. The van der Waals surface area contributed by atoms with Crippen LogP contribution in [0.15, 0.2) is 80.4 Å². The van der Waals surface area contributed by atoms with Gasteiger partial charge in [-0.05, 0) is 42.1 Å². The lowest BCUT2D eigenvalue weighted by molar-refractivity contribution is -0.385. The Morgan fingerprint density at radius 3 is 2.77 bits per heavy atom. The standard InChI is InChI=1S/C17H12N4O4S/c22-17(13-5-1-2-6-14(13)21(23)24)20-19-11-12-8-9-16(25-12)26-15-7-3-4-10-18-15/h1-11H,(H,20,22)/b19-11-. The summed E-state index contributed by atoms with van der Waals surface area (Å²) >= 11 is 1.35. The number of nitrogens with zero attached hydrogens (tertiary/aromatic N) is 3. The van der Waals surface area contributed by atoms with E-state index in [-0.39, 0.29) is 11.3 Å². The molecule has 0 atom stereocenters. The van der Waals surface area contributed by atoms with Gasteiger partial charge in [-0.15, -0.1) is 0 Å². The number of nitrogens with one attached hydrogen (secondary N) is 1. The highest BCUT2D eigenvalue weighted by Crippen LogP contribution is 2.26. The van der Waals surface area contributed by atoms with E-state index in [1.807, 2.05) is 18.2 Å². The van der Waals surface area contributed by atoms with Crippen molar-refractivity contribution < 1.29 is 14.1 Å². The lowest BCUT2D eigenvalue weighted by Gasteiger charge is -2.00. The molecule has 0 saturated heterocycles. The number of amides is 1. The zero-order valence-electron chi connectivity index (χ0n) is 13.2. The Hall–Kier alpha value is -3.46. The highest BCUT2D eigenvalue weighted by Gasteiger charge is 2.18. The van der Waals surface area contributed by atoms with Crippen LogP contribution in [0.5, 0.6) is 0 Å². The average molecular weight is 368 g/mol. The molecule has 0 unspecified atom stereocenters. The summed E-state index contributed by atoms with van der Waals surface area (Å²) in [6, 6.07) is 14.6. The van der Waals surface area contributed by atoms with E-state index in [0.717, 1.165) is 5.03 Å². The maximum Gasteiger partial charge on any atom is 0.282 e. The van der Waals surface area contributed by atoms with E-state index < -0.39 is 10.8 Å². The second-order valence-corrected chi connectivity index (χ2v) is 5.92. The van der Waals surface area contributed by atoms with Gasteiger partial charge in [-0.25, -0.2) is 10.4 Å². The third-order valence-electron chi connectivity index (χ3n) is 3.15. The molecule has 0 spiro atoms. The van der Waals surface area contributed by atoms with Gasteiger partial charge in [0, 0.05) is 12.3 Å². The topological polar surface area (TPSA) is 111 Å². The molecule has 1 aromatic carbocycles. The number of hydrogen-bond donors (Lipinski definition) is 1. The number of nitro groups is 1. The SMILES string of the molecule is O=C(N/N=C\c1ccc(Sc2ccccn2)o1)c1ccccc1[N+](=O)[O-]. The highest BCUT2D eigenvalue weighted by atomic mass is 32.2. The van der Waals surface area contributed by atoms with Crippen LogP contribution >= 0.6 is 11.8 Å². The maximum atomic E-state index is 12.0. The van der Waals surface area contributed by atoms with Gasteiger partial charge in [-0.1, -0.05) is 18.2 Å². The molecule has 9 heteroatoms. The van der Waals surface area contributed by atoms with Crippen LogP contribution in [0.4, 0.5) is 5.69 Å². The maximum absolute atomic E-state index is 12.0. The van der Waals surface area contributed by atoms with Crippen molar-refractivity contribution in [3.05, 3.63) is 82.2 Å². The lowest BCUT2D eigenvalue weighted by Crippen LogP contribution is -2.18. The Kier molecular flexibility index (Phi) is 5.40. The Labute approximate surface area is 152 Å². The zero-order valence-corrected chi connectivity index (χ0v) is 14.1. The molecule has 8 nitrogen and oxygen atoms in total. The average Bonchev–Trinajstić information content (AvgIpc) is 3.09. The molecular formula is C17H12N4O4S. The first-order chi connectivity index (χ1) is 12.6. The summed E-state index contributed by atoms with van der Waals surface area (Å²) in [7, 11) is 0. The summed E-state index contributed by atoms with van der Waals surface area (Å²) in [6.07, 6.45) is 3.00. The van der Waals surface area contributed by atoms with E-state index >= 15 is 0 Å². The van der Waals surface area contributed by atoms with Crippen molar-refractivity contribution in [3.63, 3.8) is 0 Å². The third kappa shape index (κ3) is 4.33. The molecule has 0 aliphatic carbocycles. The molecule has 2 heterocycles. The number of furan rings is 1. The fraction of sp³-hybridized carbons (Fsp3) is 0. The van der Waals surface area contributed by atoms with E-state index in [2.05, 4.69) is 15.5 Å². The number of rotatable bonds is 6. The minimum Gasteiger partial charge on any atom is -0.448 e. The molecule has 130 valence electrons. The molecule has 0 fully saturated rings. The lowest BCUT2D eigenvalue weighted by atomic mass is 10.2. The fourth-order valence-corrected chi connectivity index (χ4v) is 2.75. The van der Waals surface area contributed by atoms with Gasteiger partial charge in [-0.3, -0.25) is 14.9 Å². The van der Waals surface area contributed by atoms with Gasteiger partial charge in [0.25, 0.3) is 11.6 Å². The Balaban J connectivity index is 1.63. The first-order valence-electron chi connectivity index (χ1n) is 7.39. The van der Waals surface area contributed by atoms with Crippen molar-refractivity contribution in [1.29, 1.82) is 0 Å². The van der Waals surface area contributed by atoms with Crippen LogP contribution < -0.4 is 5.43 Å². The van der Waals surface area contributed by atoms with Crippen molar-refractivity contribution in [2.45, 2.75) is 10.1 Å². The summed E-state index contributed by atoms with van der Waals surface area (Å²) in [5.41, 5.74) is 1.89. The van der Waals surface area contributed by atoms with E-state index in [9.17, 15) is 14.9 Å². The Morgan fingerprint density at radius 1 is 1.19 bits per heavy atom. The van der Waals surface area contributed by atoms with E-state index in [4.69, 9.17) is 4.42 Å².